The van der Waals surface area contributed by atoms with Crippen molar-refractivity contribution in [1.82, 2.24) is 15.2 Å². The van der Waals surface area contributed by atoms with E-state index in [1.54, 1.807) is 17.3 Å². The van der Waals surface area contributed by atoms with E-state index in [2.05, 4.69) is 16.4 Å². The van der Waals surface area contributed by atoms with Gasteiger partial charge in [0.15, 0.2) is 0 Å². The lowest BCUT2D eigenvalue weighted by molar-refractivity contribution is -0.135. The molecule has 2 unspecified atom stereocenters. The van der Waals surface area contributed by atoms with Crippen LogP contribution >= 0.6 is 0 Å². The Morgan fingerprint density at radius 1 is 1.50 bits per heavy atom. The van der Waals surface area contributed by atoms with Crippen LogP contribution in [0.5, 0.6) is 0 Å². The van der Waals surface area contributed by atoms with Crippen molar-refractivity contribution in [2.45, 2.75) is 44.3 Å². The number of piperidine rings is 1. The average molecular weight is 301 g/mol. The molecule has 1 aliphatic heterocycles. The molecular formula is C16H23N5O. The lowest BCUT2D eigenvalue weighted by Crippen LogP contribution is -2.50. The molecule has 2 rings (SSSR count). The van der Waals surface area contributed by atoms with E-state index in [4.69, 9.17) is 11.0 Å². The third-order valence-corrected chi connectivity index (χ3v) is 3.96. The Hall–Kier alpha value is -1.97. The quantitative estimate of drug-likeness (QED) is 0.758. The first-order valence-corrected chi connectivity index (χ1v) is 7.77. The van der Waals surface area contributed by atoms with Crippen LogP contribution in [0, 0.1) is 11.3 Å². The maximum absolute atomic E-state index is 12.3. The van der Waals surface area contributed by atoms with Crippen molar-refractivity contribution >= 4 is 5.91 Å². The molecule has 2 atom stereocenters. The number of nitrogens with one attached hydrogen (secondary N) is 1. The smallest absolute Gasteiger partial charge is 0.240 e. The van der Waals surface area contributed by atoms with Gasteiger partial charge in [0.2, 0.25) is 5.91 Å². The second-order valence-electron chi connectivity index (χ2n) is 5.60. The van der Waals surface area contributed by atoms with Gasteiger partial charge < -0.3 is 16.0 Å². The third kappa shape index (κ3) is 4.52. The van der Waals surface area contributed by atoms with Gasteiger partial charge in [-0.05, 0) is 49.9 Å². The summed E-state index contributed by atoms with van der Waals surface area (Å²) >= 11 is 0. The molecule has 22 heavy (non-hydrogen) atoms. The number of nitrogens with two attached hydrogens (primary N) is 1. The van der Waals surface area contributed by atoms with Crippen LogP contribution in [-0.2, 0) is 11.3 Å². The fourth-order valence-corrected chi connectivity index (χ4v) is 2.66. The first-order valence-electron chi connectivity index (χ1n) is 7.77. The first-order chi connectivity index (χ1) is 10.7. The Labute approximate surface area is 131 Å². The second-order valence-corrected chi connectivity index (χ2v) is 5.60. The van der Waals surface area contributed by atoms with Crippen LogP contribution in [0.1, 0.15) is 31.2 Å². The van der Waals surface area contributed by atoms with E-state index in [-0.39, 0.29) is 11.9 Å². The van der Waals surface area contributed by atoms with Crippen LogP contribution in [0.2, 0.25) is 0 Å². The highest BCUT2D eigenvalue weighted by Crippen LogP contribution is 2.17. The highest BCUT2D eigenvalue weighted by Gasteiger charge is 2.29. The number of pyridine rings is 1. The fourth-order valence-electron chi connectivity index (χ4n) is 2.66. The van der Waals surface area contributed by atoms with Crippen LogP contribution in [0.25, 0.3) is 0 Å². The van der Waals surface area contributed by atoms with Crippen molar-refractivity contribution in [2.24, 2.45) is 5.73 Å². The molecule has 0 bridgehead atoms. The van der Waals surface area contributed by atoms with E-state index in [1.807, 2.05) is 12.1 Å². The van der Waals surface area contributed by atoms with Gasteiger partial charge in [0, 0.05) is 25.5 Å². The predicted molar refractivity (Wildman–Crippen MR) is 83.5 cm³/mol. The van der Waals surface area contributed by atoms with Gasteiger partial charge in [-0.25, -0.2) is 0 Å². The summed E-state index contributed by atoms with van der Waals surface area (Å²) in [6, 6.07) is 5.25. The van der Waals surface area contributed by atoms with Crippen molar-refractivity contribution < 1.29 is 4.79 Å². The van der Waals surface area contributed by atoms with Gasteiger partial charge >= 0.3 is 0 Å². The van der Waals surface area contributed by atoms with Gasteiger partial charge in [0.1, 0.15) is 6.04 Å². The lowest BCUT2D eigenvalue weighted by atomic mass is 10.0. The van der Waals surface area contributed by atoms with Gasteiger partial charge in [-0.1, -0.05) is 0 Å². The van der Waals surface area contributed by atoms with Gasteiger partial charge in [-0.2, -0.15) is 5.26 Å². The summed E-state index contributed by atoms with van der Waals surface area (Å²) in [5, 5.41) is 12.4. The minimum atomic E-state index is -0.543. The predicted octanol–water partition coefficient (Wildman–Crippen LogP) is 0.793. The molecule has 0 saturated carbocycles. The third-order valence-electron chi connectivity index (χ3n) is 3.96. The molecule has 0 radical (unpaired) electrons. The Kier molecular flexibility index (Phi) is 6.31. The Bertz CT molecular complexity index is 513. The van der Waals surface area contributed by atoms with Gasteiger partial charge in [-0.15, -0.1) is 0 Å². The SMILES string of the molecule is N#CC1CCCCN1C(=O)C(N)CCNCc1ccncc1. The minimum absolute atomic E-state index is 0.100. The zero-order chi connectivity index (χ0) is 15.8. The molecule has 1 fully saturated rings. The second kappa shape index (κ2) is 8.47. The standard InChI is InChI=1S/C16H23N5O/c17-11-14-3-1-2-10-21(14)16(22)15(18)6-9-20-12-13-4-7-19-8-5-13/h4-5,7-8,14-15,20H,1-3,6,9-10,12,18H2. The van der Waals surface area contributed by atoms with Gasteiger partial charge in [0.25, 0.3) is 0 Å². The zero-order valence-corrected chi connectivity index (χ0v) is 12.7. The molecule has 1 amide bonds. The monoisotopic (exact) mass is 301 g/mol. The number of nitrogens with zero attached hydrogens (tertiary/aromatic N) is 3. The van der Waals surface area contributed by atoms with Gasteiger partial charge in [0.05, 0.1) is 12.1 Å². The number of nitriles is 1. The summed E-state index contributed by atoms with van der Waals surface area (Å²) in [5.41, 5.74) is 7.14. The molecule has 1 aromatic heterocycles. The summed E-state index contributed by atoms with van der Waals surface area (Å²) in [6.07, 6.45) is 6.80. The van der Waals surface area contributed by atoms with Crippen molar-refractivity contribution in [2.75, 3.05) is 13.1 Å². The number of likely N-dealkylation sites (tertiary alicyclic amines) is 1. The summed E-state index contributed by atoms with van der Waals surface area (Å²) in [5.74, 6) is -0.100. The lowest BCUT2D eigenvalue weighted by Gasteiger charge is -2.33. The summed E-state index contributed by atoms with van der Waals surface area (Å²) < 4.78 is 0. The van der Waals surface area contributed by atoms with E-state index >= 15 is 0 Å². The number of amides is 1. The van der Waals surface area contributed by atoms with E-state index in [0.717, 1.165) is 31.4 Å². The minimum Gasteiger partial charge on any atom is -0.325 e. The molecule has 2 heterocycles. The molecule has 1 saturated heterocycles. The van der Waals surface area contributed by atoms with Crippen molar-refractivity contribution in [3.05, 3.63) is 30.1 Å². The van der Waals surface area contributed by atoms with Crippen LogP contribution < -0.4 is 11.1 Å². The molecular weight excluding hydrogens is 278 g/mol. The maximum Gasteiger partial charge on any atom is 0.240 e. The molecule has 1 aromatic rings. The largest absolute Gasteiger partial charge is 0.325 e. The van der Waals surface area contributed by atoms with Crippen LogP contribution in [-0.4, -0.2) is 41.0 Å². The highest BCUT2D eigenvalue weighted by molar-refractivity contribution is 5.82. The summed E-state index contributed by atoms with van der Waals surface area (Å²) in [7, 11) is 0. The molecule has 0 spiro atoms. The Morgan fingerprint density at radius 3 is 3.00 bits per heavy atom. The van der Waals surface area contributed by atoms with Crippen molar-refractivity contribution in [3.8, 4) is 6.07 Å². The van der Waals surface area contributed by atoms with Crippen LogP contribution in [0.15, 0.2) is 24.5 Å². The topological polar surface area (TPSA) is 95.0 Å². The van der Waals surface area contributed by atoms with Crippen LogP contribution in [0.3, 0.4) is 0 Å². The normalized spacial score (nSPS) is 19.5. The number of hydrogen-bond acceptors (Lipinski definition) is 5. The van der Waals surface area contributed by atoms with Crippen molar-refractivity contribution in [3.63, 3.8) is 0 Å². The van der Waals surface area contributed by atoms with Crippen molar-refractivity contribution in [1.29, 1.82) is 5.26 Å². The maximum atomic E-state index is 12.3. The average Bonchev–Trinajstić information content (AvgIpc) is 2.58. The summed E-state index contributed by atoms with van der Waals surface area (Å²) in [4.78, 5) is 18.0. The Morgan fingerprint density at radius 2 is 2.27 bits per heavy atom. The molecule has 3 N–H and O–H groups in total. The molecule has 0 aromatic carbocycles. The number of rotatable bonds is 6. The van der Waals surface area contributed by atoms with E-state index < -0.39 is 6.04 Å². The molecule has 6 heteroatoms. The molecule has 0 aliphatic carbocycles. The Balaban J connectivity index is 1.73. The van der Waals surface area contributed by atoms with E-state index in [0.29, 0.717) is 19.5 Å². The fraction of sp³-hybridized carbons (Fsp3) is 0.562. The summed E-state index contributed by atoms with van der Waals surface area (Å²) in [6.45, 7) is 2.05. The number of carbonyl (C=O) groups is 1. The highest BCUT2D eigenvalue weighted by atomic mass is 16.2. The van der Waals surface area contributed by atoms with Crippen LogP contribution in [0.4, 0.5) is 0 Å². The van der Waals surface area contributed by atoms with Gasteiger partial charge in [-0.3, -0.25) is 9.78 Å². The van der Waals surface area contributed by atoms with E-state index in [1.165, 1.54) is 0 Å². The zero-order valence-electron chi connectivity index (χ0n) is 12.7. The number of aromatic nitrogens is 1. The molecule has 6 nitrogen and oxygen atoms in total. The molecule has 1 aliphatic rings. The van der Waals surface area contributed by atoms with E-state index in [9.17, 15) is 4.79 Å². The first kappa shape index (κ1) is 16.4. The number of carbonyl (C=O) groups excluding carboxylic acids is 1. The number of hydrogen-bond donors (Lipinski definition) is 2. The molecule has 118 valence electrons.